The number of carboxylic acid groups (broad SMARTS) is 1. The number of nitrogens with one attached hydrogen (secondary N) is 1. The molecule has 0 aromatic carbocycles. The number of carbonyl (C=O) groups excluding carboxylic acids is 3. The number of nitrogen functional groups attached to an aromatic ring is 1. The number of ether oxygens (including phenoxy) is 1. The third kappa shape index (κ3) is 4.47. The van der Waals surface area contributed by atoms with Gasteiger partial charge in [0.1, 0.15) is 24.2 Å². The molecule has 0 unspecified atom stereocenters. The zero-order chi connectivity index (χ0) is 21.4. The van der Waals surface area contributed by atoms with Gasteiger partial charge in [-0.05, 0) is 18.4 Å². The fourth-order valence-corrected chi connectivity index (χ4v) is 5.59. The van der Waals surface area contributed by atoms with Crippen LogP contribution >= 0.6 is 23.1 Å². The number of nitrogens with zero attached hydrogens (tertiary/aromatic N) is 3. The SMILES string of the molecule is CO/N=C(\C(=O)N[C@@H]1C(=O)N2C(C(=O)[O-])=C([C@H]3CCCO3)CS[C@H]12)c1csc(N)n1.[Na+]. The smallest absolute Gasteiger partial charge is 0.543 e. The number of anilines is 1. The third-order valence-electron chi connectivity index (χ3n) is 4.96. The maximum atomic E-state index is 12.8. The van der Waals surface area contributed by atoms with Crippen molar-refractivity contribution in [3.8, 4) is 0 Å². The van der Waals surface area contributed by atoms with E-state index in [-0.39, 0.29) is 57.9 Å². The number of thiazole rings is 1. The van der Waals surface area contributed by atoms with Crippen molar-refractivity contribution in [2.45, 2.75) is 30.4 Å². The zero-order valence-electron chi connectivity index (χ0n) is 16.8. The number of aliphatic carboxylic acids is 1. The van der Waals surface area contributed by atoms with Gasteiger partial charge in [0.2, 0.25) is 0 Å². The molecule has 3 atom stereocenters. The molecule has 14 heteroatoms. The summed E-state index contributed by atoms with van der Waals surface area (Å²) >= 11 is 2.49. The minimum Gasteiger partial charge on any atom is -0.543 e. The van der Waals surface area contributed by atoms with Crippen molar-refractivity contribution in [3.63, 3.8) is 0 Å². The standard InChI is InChI=1S/C17H19N5O6S2.Na/c1-27-21-10(8-6-30-17(18)19-8)13(23)20-11-14(24)22-12(16(25)26)7(5-29-15(11)22)9-3-2-4-28-9;/h6,9,11,15H,2-5H2,1H3,(H2,18,19)(H,20,23)(H,25,26);/q;+1/p-1/b21-10-;/t9-,11-,15-;/m1./s1. The van der Waals surface area contributed by atoms with Gasteiger partial charge in [-0.15, -0.1) is 23.1 Å². The summed E-state index contributed by atoms with van der Waals surface area (Å²) in [6.45, 7) is 0.554. The first-order valence-electron chi connectivity index (χ1n) is 9.06. The maximum absolute atomic E-state index is 12.8. The van der Waals surface area contributed by atoms with Crippen molar-refractivity contribution >= 4 is 51.7 Å². The summed E-state index contributed by atoms with van der Waals surface area (Å²) < 4.78 is 5.60. The second-order valence-corrected chi connectivity index (χ2v) is 8.71. The molecule has 0 bridgehead atoms. The number of oxime groups is 1. The average Bonchev–Trinajstić information content (AvgIpc) is 3.40. The molecule has 4 rings (SSSR count). The van der Waals surface area contributed by atoms with E-state index in [2.05, 4.69) is 15.5 Å². The fourth-order valence-electron chi connectivity index (χ4n) is 3.63. The number of carboxylic acids is 1. The molecular weight excluding hydrogens is 457 g/mol. The first-order valence-corrected chi connectivity index (χ1v) is 11.0. The van der Waals surface area contributed by atoms with E-state index < -0.39 is 29.2 Å². The number of aromatic nitrogens is 1. The summed E-state index contributed by atoms with van der Waals surface area (Å²) in [6, 6.07) is -0.916. The molecule has 4 heterocycles. The van der Waals surface area contributed by atoms with Crippen LogP contribution in [0.4, 0.5) is 5.13 Å². The Labute approximate surface area is 207 Å². The largest absolute Gasteiger partial charge is 1.00 e. The minimum absolute atomic E-state index is 0. The van der Waals surface area contributed by atoms with Gasteiger partial charge in [-0.25, -0.2) is 4.98 Å². The number of rotatable bonds is 6. The number of nitrogens with two attached hydrogens (primary N) is 1. The second-order valence-electron chi connectivity index (χ2n) is 6.72. The van der Waals surface area contributed by atoms with E-state index in [1.165, 1.54) is 23.8 Å². The van der Waals surface area contributed by atoms with Gasteiger partial charge in [-0.3, -0.25) is 14.5 Å². The summed E-state index contributed by atoms with van der Waals surface area (Å²) in [5.41, 5.74) is 6.09. The van der Waals surface area contributed by atoms with E-state index in [0.29, 0.717) is 24.4 Å². The Morgan fingerprint density at radius 2 is 2.26 bits per heavy atom. The van der Waals surface area contributed by atoms with E-state index >= 15 is 0 Å². The van der Waals surface area contributed by atoms with Gasteiger partial charge in [-0.1, -0.05) is 5.16 Å². The number of hydrogen-bond donors (Lipinski definition) is 2. The van der Waals surface area contributed by atoms with E-state index in [1.807, 2.05) is 0 Å². The van der Waals surface area contributed by atoms with Crippen molar-refractivity contribution in [2.75, 3.05) is 25.2 Å². The van der Waals surface area contributed by atoms with Crippen molar-refractivity contribution in [2.24, 2.45) is 5.16 Å². The van der Waals surface area contributed by atoms with Crippen LogP contribution in [0.5, 0.6) is 0 Å². The van der Waals surface area contributed by atoms with E-state index in [0.717, 1.165) is 17.8 Å². The normalized spacial score (nSPS) is 25.5. The van der Waals surface area contributed by atoms with E-state index in [1.54, 1.807) is 5.38 Å². The molecule has 2 saturated heterocycles. The molecule has 11 nitrogen and oxygen atoms in total. The summed E-state index contributed by atoms with van der Waals surface area (Å²) in [5.74, 6) is -2.27. The first kappa shape index (κ1) is 24.0. The number of hydrogen-bond acceptors (Lipinski definition) is 11. The summed E-state index contributed by atoms with van der Waals surface area (Å²) in [7, 11) is 1.28. The van der Waals surface area contributed by atoms with Crippen LogP contribution < -0.4 is 45.7 Å². The number of amides is 2. The van der Waals surface area contributed by atoms with E-state index in [9.17, 15) is 19.5 Å². The van der Waals surface area contributed by atoms with Gasteiger partial charge in [-0.2, -0.15) is 0 Å². The Morgan fingerprint density at radius 1 is 1.48 bits per heavy atom. The van der Waals surface area contributed by atoms with Crippen LogP contribution in [-0.2, 0) is 24.0 Å². The molecule has 3 aliphatic heterocycles. The van der Waals surface area contributed by atoms with Gasteiger partial charge in [0.05, 0.1) is 17.8 Å². The van der Waals surface area contributed by atoms with Crippen LogP contribution in [0.3, 0.4) is 0 Å². The van der Waals surface area contributed by atoms with Crippen molar-refractivity contribution < 1.29 is 58.6 Å². The molecule has 160 valence electrons. The molecule has 0 radical (unpaired) electrons. The minimum atomic E-state index is -1.43. The quantitative estimate of drug-likeness (QED) is 0.179. The van der Waals surface area contributed by atoms with Crippen molar-refractivity contribution in [1.82, 2.24) is 15.2 Å². The average molecular weight is 475 g/mol. The maximum Gasteiger partial charge on any atom is 1.00 e. The van der Waals surface area contributed by atoms with Crippen LogP contribution in [0.15, 0.2) is 21.8 Å². The van der Waals surface area contributed by atoms with Gasteiger partial charge >= 0.3 is 29.6 Å². The van der Waals surface area contributed by atoms with Gasteiger partial charge < -0.3 is 30.5 Å². The van der Waals surface area contributed by atoms with Crippen LogP contribution in [0.1, 0.15) is 18.5 Å². The number of fused-ring (bicyclic) bond motifs is 1. The Morgan fingerprint density at radius 3 is 2.84 bits per heavy atom. The predicted octanol–water partition coefficient (Wildman–Crippen LogP) is -4.34. The summed E-state index contributed by atoms with van der Waals surface area (Å²) in [4.78, 5) is 47.2. The van der Waals surface area contributed by atoms with Crippen LogP contribution in [-0.4, -0.2) is 70.4 Å². The van der Waals surface area contributed by atoms with Gasteiger partial charge in [0.25, 0.3) is 11.8 Å². The molecule has 1 aromatic heterocycles. The molecule has 3 N–H and O–H groups in total. The molecule has 2 fully saturated rings. The molecule has 2 amide bonds. The molecule has 31 heavy (non-hydrogen) atoms. The van der Waals surface area contributed by atoms with Crippen molar-refractivity contribution in [3.05, 3.63) is 22.3 Å². The Balaban J connectivity index is 0.00000272. The molecule has 0 spiro atoms. The zero-order valence-corrected chi connectivity index (χ0v) is 20.5. The number of β-lactam (4-membered cyclic amide) rings is 1. The molecule has 0 aliphatic carbocycles. The summed E-state index contributed by atoms with van der Waals surface area (Å²) in [5, 5.41) is 19.3. The Kier molecular flexibility index (Phi) is 7.65. The monoisotopic (exact) mass is 475 g/mol. The molecule has 0 saturated carbocycles. The van der Waals surface area contributed by atoms with E-state index in [4.69, 9.17) is 15.3 Å². The Bertz CT molecular complexity index is 961. The van der Waals surface area contributed by atoms with Gasteiger partial charge in [0.15, 0.2) is 10.8 Å². The second kappa shape index (κ2) is 9.88. The fraction of sp³-hybridized carbons (Fsp3) is 0.471. The van der Waals surface area contributed by atoms with Gasteiger partial charge in [0, 0.05) is 17.7 Å². The third-order valence-corrected chi connectivity index (χ3v) is 6.93. The number of thioether (sulfide) groups is 1. The summed E-state index contributed by atoms with van der Waals surface area (Å²) in [6.07, 6.45) is 1.20. The topological polar surface area (TPSA) is 159 Å². The predicted molar refractivity (Wildman–Crippen MR) is 106 cm³/mol. The molecule has 3 aliphatic rings. The Hall–Kier alpha value is -1.64. The van der Waals surface area contributed by atoms with Crippen LogP contribution in [0.25, 0.3) is 0 Å². The number of carbonyl (C=O) groups is 3. The van der Waals surface area contributed by atoms with Crippen LogP contribution in [0, 0.1) is 0 Å². The van der Waals surface area contributed by atoms with Crippen molar-refractivity contribution in [1.29, 1.82) is 0 Å². The van der Waals surface area contributed by atoms with Crippen LogP contribution in [0.2, 0.25) is 0 Å². The first-order chi connectivity index (χ1) is 14.4. The molecule has 1 aromatic rings. The molecular formula is C17H18N5NaO6S2.